The number of rotatable bonds is 12. The quantitative estimate of drug-likeness (QED) is 0.124. The number of carbonyl (C=O) groups excluding carboxylic acids is 4. The smallest absolute Gasteiger partial charge is 0.407 e. The number of thiophene rings is 2. The molecule has 2 atom stereocenters. The van der Waals surface area contributed by atoms with Crippen LogP contribution in [-0.4, -0.2) is 70.5 Å². The van der Waals surface area contributed by atoms with E-state index in [1.54, 1.807) is 28.9 Å². The van der Waals surface area contributed by atoms with Crippen molar-refractivity contribution in [2.45, 2.75) is 6.42 Å². The molecule has 12 nitrogen and oxygen atoms in total. The molecule has 240 valence electrons. The second kappa shape index (κ2) is 14.5. The highest BCUT2D eigenvalue weighted by atomic mass is 32.1. The van der Waals surface area contributed by atoms with Crippen LogP contribution in [0.4, 0.5) is 9.59 Å². The van der Waals surface area contributed by atoms with E-state index >= 15 is 0 Å². The largest absolute Gasteiger partial charge is 0.453 e. The van der Waals surface area contributed by atoms with Gasteiger partial charge in [-0.25, -0.2) is 19.6 Å². The Bertz CT molecular complexity index is 2070. The molecule has 0 aliphatic carbocycles. The summed E-state index contributed by atoms with van der Waals surface area (Å²) in [7, 11) is 2.20. The molecule has 2 amide bonds. The zero-order chi connectivity index (χ0) is 32.9. The minimum atomic E-state index is -0.643. The van der Waals surface area contributed by atoms with Gasteiger partial charge in [-0.05, 0) is 41.0 Å². The topological polar surface area (TPSA) is 168 Å². The summed E-state index contributed by atoms with van der Waals surface area (Å²) in [5.41, 5.74) is 6.62. The van der Waals surface area contributed by atoms with Crippen molar-refractivity contribution in [3.05, 3.63) is 60.8 Å². The molecule has 0 spiro atoms. The van der Waals surface area contributed by atoms with Gasteiger partial charge in [0.15, 0.2) is 11.0 Å². The van der Waals surface area contributed by atoms with E-state index < -0.39 is 12.2 Å². The van der Waals surface area contributed by atoms with Crippen molar-refractivity contribution >= 4 is 94.6 Å². The second-order valence-corrected chi connectivity index (χ2v) is 14.8. The lowest BCUT2D eigenvalue weighted by molar-refractivity contribution is -0.111. The summed E-state index contributed by atoms with van der Waals surface area (Å²) >= 11 is 3.46. The third-order valence-corrected chi connectivity index (χ3v) is 11.3. The fourth-order valence-corrected chi connectivity index (χ4v) is 8.69. The highest BCUT2D eigenvalue weighted by molar-refractivity contribution is 7.65. The number of amides is 2. The van der Waals surface area contributed by atoms with E-state index in [2.05, 4.69) is 64.3 Å². The molecule has 0 bridgehead atoms. The lowest BCUT2D eigenvalue weighted by Gasteiger charge is -2.02. The molecule has 4 heterocycles. The van der Waals surface area contributed by atoms with Gasteiger partial charge in [0, 0.05) is 49.3 Å². The van der Waals surface area contributed by atoms with Gasteiger partial charge in [0.1, 0.15) is 11.1 Å². The van der Waals surface area contributed by atoms with E-state index in [-0.39, 0.29) is 47.7 Å². The number of benzene rings is 2. The van der Waals surface area contributed by atoms with Crippen LogP contribution >= 0.6 is 39.8 Å². The molecule has 0 fully saturated rings. The number of hydrogen-bond donors (Lipinski definition) is 4. The molecule has 0 saturated carbocycles. The molecule has 0 aliphatic heterocycles. The summed E-state index contributed by atoms with van der Waals surface area (Å²) in [6.07, 6.45) is 0.738. The molecule has 0 radical (unpaired) electrons. The third-order valence-electron chi connectivity index (χ3n) is 6.93. The first-order chi connectivity index (χ1) is 22.8. The van der Waals surface area contributed by atoms with E-state index in [1.165, 1.54) is 28.5 Å². The maximum atomic E-state index is 12.2. The van der Waals surface area contributed by atoms with Crippen LogP contribution in [-0.2, 0) is 19.1 Å². The monoisotopic (exact) mass is 706 g/mol. The van der Waals surface area contributed by atoms with Crippen molar-refractivity contribution in [2.24, 2.45) is 0 Å². The predicted octanol–water partition coefficient (Wildman–Crippen LogP) is 5.33. The number of aromatic nitrogens is 4. The molecular weight excluding hydrogens is 678 g/mol. The average molecular weight is 707 g/mol. The van der Waals surface area contributed by atoms with Crippen LogP contribution in [0.2, 0.25) is 0 Å². The molecule has 16 heteroatoms. The van der Waals surface area contributed by atoms with Gasteiger partial charge in [-0.15, -0.1) is 22.7 Å². The zero-order valence-corrected chi connectivity index (χ0v) is 28.7. The molecule has 47 heavy (non-hydrogen) atoms. The zero-order valence-electron chi connectivity index (χ0n) is 25.1. The first kappa shape index (κ1) is 32.5. The van der Waals surface area contributed by atoms with Gasteiger partial charge in [-0.3, -0.25) is 9.59 Å². The summed E-state index contributed by atoms with van der Waals surface area (Å²) < 4.78 is 11.4. The Morgan fingerprint density at radius 2 is 1.40 bits per heavy atom. The van der Waals surface area contributed by atoms with Crippen molar-refractivity contribution in [1.29, 1.82) is 0 Å². The first-order valence-corrected chi connectivity index (χ1v) is 17.8. The van der Waals surface area contributed by atoms with E-state index in [4.69, 9.17) is 0 Å². The van der Waals surface area contributed by atoms with Crippen molar-refractivity contribution in [1.82, 2.24) is 30.6 Å². The number of hydrogen-bond acceptors (Lipinski definition) is 10. The number of methoxy groups -OCH3 is 2. The number of nitrogens with zero attached hydrogens (tertiary/aromatic N) is 2. The number of aromatic amines is 2. The molecule has 4 aromatic heterocycles. The molecule has 6 rings (SSSR count). The van der Waals surface area contributed by atoms with Crippen molar-refractivity contribution in [3.8, 4) is 32.1 Å². The highest BCUT2D eigenvalue weighted by Crippen LogP contribution is 2.42. The van der Waals surface area contributed by atoms with E-state index in [9.17, 15) is 19.2 Å². The van der Waals surface area contributed by atoms with Crippen LogP contribution in [0.15, 0.2) is 60.8 Å². The summed E-state index contributed by atoms with van der Waals surface area (Å²) in [6.45, 7) is 0.115. The van der Waals surface area contributed by atoms with Crippen LogP contribution in [0.25, 0.3) is 52.6 Å². The molecule has 2 aromatic carbocycles. The van der Waals surface area contributed by atoms with E-state index in [0.717, 1.165) is 38.3 Å². The Labute approximate surface area is 279 Å². The van der Waals surface area contributed by atoms with Crippen molar-refractivity contribution < 1.29 is 28.7 Å². The maximum Gasteiger partial charge on any atom is 0.407 e. The number of alkyl carbamates (subject to hydrolysis) is 2. The minimum Gasteiger partial charge on any atom is -0.453 e. The molecule has 0 aliphatic rings. The van der Waals surface area contributed by atoms with E-state index in [1.807, 2.05) is 30.3 Å². The van der Waals surface area contributed by atoms with Gasteiger partial charge in [0.25, 0.3) is 0 Å². The SMILES string of the molecule is COC(=O)NCCC(=O)Pc1ncc(-c2ccc(-c3cc4sc(-c5ccc6nc(PC(=O)CNC(=O)OC)[nH]c6c5)cc4s3)cc2)[nH]1. The lowest BCUT2D eigenvalue weighted by Crippen LogP contribution is -2.28. The number of fused-ring (bicyclic) bond motifs is 2. The molecule has 4 N–H and O–H groups in total. The maximum absolute atomic E-state index is 12.2. The van der Waals surface area contributed by atoms with Crippen molar-refractivity contribution in [2.75, 3.05) is 27.3 Å². The molecule has 2 unspecified atom stereocenters. The fourth-order valence-electron chi connectivity index (χ4n) is 4.63. The summed E-state index contributed by atoms with van der Waals surface area (Å²) in [6, 6.07) is 18.7. The number of carbonyl (C=O) groups is 4. The van der Waals surface area contributed by atoms with E-state index in [0.29, 0.717) is 11.1 Å². The van der Waals surface area contributed by atoms with Gasteiger partial charge in [0.2, 0.25) is 0 Å². The molecular formula is C31H28N6O6P2S2. The highest BCUT2D eigenvalue weighted by Gasteiger charge is 2.14. The Hall–Kier alpha value is -4.48. The number of H-pyrrole nitrogens is 2. The van der Waals surface area contributed by atoms with Crippen LogP contribution in [0.1, 0.15) is 6.42 Å². The molecule has 6 aromatic rings. The standard InChI is InChI=1S/C31H28N6O6P2S2/c1-42-30(40)32-10-9-26(38)44-28-33-14-21(37-28)16-3-5-17(6-4-16)22-12-24-25(46-22)13-23(47-24)18-7-8-19-20(11-18)36-29(35-19)45-27(39)15-34-31(41)43-2/h3-8,11-14,44-45H,9-10,15H2,1-2H3,(H,32,40)(H,33,37)(H,34,41)(H,35,36). The Kier molecular flexibility index (Phi) is 10.0. The van der Waals surface area contributed by atoms with Gasteiger partial charge in [-0.1, -0.05) is 30.3 Å². The Balaban J connectivity index is 1.08. The first-order valence-electron chi connectivity index (χ1n) is 14.2. The van der Waals surface area contributed by atoms with Crippen LogP contribution < -0.4 is 21.8 Å². The van der Waals surface area contributed by atoms with Gasteiger partial charge in [0.05, 0.1) is 43.7 Å². The summed E-state index contributed by atoms with van der Waals surface area (Å²) in [5, 5.41) is 4.90. The number of imidazole rings is 2. The van der Waals surface area contributed by atoms with Crippen LogP contribution in [0, 0.1) is 0 Å². The third kappa shape index (κ3) is 7.91. The summed E-state index contributed by atoms with van der Waals surface area (Å²) in [5.74, 6) is 0. The fraction of sp³-hybridized carbons (Fsp3) is 0.161. The minimum absolute atomic E-state index is 0.00840. The van der Waals surface area contributed by atoms with Crippen LogP contribution in [0.3, 0.4) is 0 Å². The van der Waals surface area contributed by atoms with Gasteiger partial charge < -0.3 is 30.1 Å². The average Bonchev–Trinajstić information content (AvgIpc) is 3.86. The Morgan fingerprint density at radius 1 is 0.766 bits per heavy atom. The van der Waals surface area contributed by atoms with Gasteiger partial charge >= 0.3 is 12.2 Å². The number of nitrogens with one attached hydrogen (secondary N) is 4. The molecule has 0 saturated heterocycles. The van der Waals surface area contributed by atoms with Gasteiger partial charge in [-0.2, -0.15) is 0 Å². The van der Waals surface area contributed by atoms with Crippen LogP contribution in [0.5, 0.6) is 0 Å². The van der Waals surface area contributed by atoms with Crippen molar-refractivity contribution in [3.63, 3.8) is 0 Å². The Morgan fingerprint density at radius 3 is 2.13 bits per heavy atom. The second-order valence-electron chi connectivity index (χ2n) is 10.1. The number of ether oxygens (including phenoxy) is 2. The predicted molar refractivity (Wildman–Crippen MR) is 189 cm³/mol. The lowest BCUT2D eigenvalue weighted by atomic mass is 10.1. The summed E-state index contributed by atoms with van der Waals surface area (Å²) in [4.78, 5) is 64.5. The normalized spacial score (nSPS) is 11.6.